The number of anilines is 1. The van der Waals surface area contributed by atoms with Crippen molar-refractivity contribution in [3.63, 3.8) is 0 Å². The van der Waals surface area contributed by atoms with E-state index in [1.54, 1.807) is 10.9 Å². The van der Waals surface area contributed by atoms with Gasteiger partial charge in [0.2, 0.25) is 0 Å². The van der Waals surface area contributed by atoms with E-state index >= 15 is 0 Å². The van der Waals surface area contributed by atoms with Crippen LogP contribution < -0.4 is 5.73 Å². The third-order valence-corrected chi connectivity index (χ3v) is 4.70. The Labute approximate surface area is 138 Å². The van der Waals surface area contributed by atoms with Crippen LogP contribution in [0.15, 0.2) is 12.7 Å². The van der Waals surface area contributed by atoms with Crippen LogP contribution in [0, 0.1) is 0 Å². The molecule has 0 saturated carbocycles. The molecule has 2 fully saturated rings. The van der Waals surface area contributed by atoms with Crippen molar-refractivity contribution in [2.24, 2.45) is 0 Å². The number of fused-ring (bicyclic) bond motifs is 3. The predicted octanol–water partition coefficient (Wildman–Crippen LogP) is 0.253. The first-order chi connectivity index (χ1) is 11.7. The van der Waals surface area contributed by atoms with E-state index < -0.39 is 11.8 Å². The van der Waals surface area contributed by atoms with Crippen molar-refractivity contribution in [2.75, 3.05) is 25.6 Å². The van der Waals surface area contributed by atoms with E-state index in [0.717, 1.165) is 12.8 Å². The molecule has 1 unspecified atom stereocenters. The largest absolute Gasteiger partial charge is 0.393 e. The Kier molecular flexibility index (Phi) is 3.87. The van der Waals surface area contributed by atoms with E-state index in [1.165, 1.54) is 6.33 Å². The van der Waals surface area contributed by atoms with Crippen LogP contribution in [0.1, 0.15) is 26.0 Å². The van der Waals surface area contributed by atoms with Gasteiger partial charge in [0.05, 0.1) is 19.5 Å². The molecule has 2 aromatic heterocycles. The summed E-state index contributed by atoms with van der Waals surface area (Å²) in [6, 6.07) is 0. The second-order valence-electron chi connectivity index (χ2n) is 6.23. The summed E-state index contributed by atoms with van der Waals surface area (Å²) >= 11 is 0. The van der Waals surface area contributed by atoms with Gasteiger partial charge in [-0.2, -0.15) is 0 Å². The van der Waals surface area contributed by atoms with Gasteiger partial charge in [-0.05, 0) is 6.42 Å². The fourth-order valence-corrected chi connectivity index (χ4v) is 3.39. The summed E-state index contributed by atoms with van der Waals surface area (Å²) in [7, 11) is 0. The molecule has 2 aliphatic rings. The third kappa shape index (κ3) is 2.20. The number of aliphatic hydroxyl groups excluding tert-OH is 1. The fraction of sp³-hybridized carbons (Fsp3) is 0.667. The molecule has 9 heteroatoms. The molecular formula is C15H21N5O4. The van der Waals surface area contributed by atoms with Crippen LogP contribution >= 0.6 is 0 Å². The number of aromatic nitrogens is 4. The molecule has 4 heterocycles. The minimum absolute atomic E-state index is 0.166. The van der Waals surface area contributed by atoms with Crippen molar-refractivity contribution in [1.29, 1.82) is 0 Å². The number of nitrogens with two attached hydrogens (primary N) is 1. The molecule has 0 amide bonds. The van der Waals surface area contributed by atoms with Gasteiger partial charge in [-0.15, -0.1) is 0 Å². The standard InChI is InChI=1S/C15H21N5O4/c1-2-3-4-22-11-10-14(24-15(11,5-21)6-23-10)20-8-19-9-12(16)17-7-18-13(9)20/h7-8,10-11,14,21H,2-6H2,1H3,(H2,16,17,18)/t10-,11?,14+,15-/m0/s1. The number of imidazole rings is 1. The molecule has 9 nitrogen and oxygen atoms in total. The normalized spacial score (nSPS) is 32.0. The van der Waals surface area contributed by atoms with Gasteiger partial charge in [0.25, 0.3) is 0 Å². The highest BCUT2D eigenvalue weighted by atomic mass is 16.7. The molecule has 4 atom stereocenters. The lowest BCUT2D eigenvalue weighted by Crippen LogP contribution is -2.45. The van der Waals surface area contributed by atoms with Gasteiger partial charge in [-0.25, -0.2) is 15.0 Å². The highest BCUT2D eigenvalue weighted by molar-refractivity contribution is 5.81. The lowest BCUT2D eigenvalue weighted by Gasteiger charge is -2.29. The van der Waals surface area contributed by atoms with Gasteiger partial charge in [0, 0.05) is 6.61 Å². The Morgan fingerprint density at radius 3 is 3.12 bits per heavy atom. The van der Waals surface area contributed by atoms with Crippen LogP contribution in [0.5, 0.6) is 0 Å². The van der Waals surface area contributed by atoms with Crippen LogP contribution in [-0.4, -0.2) is 62.3 Å². The average molecular weight is 335 g/mol. The Bertz CT molecular complexity index is 738. The van der Waals surface area contributed by atoms with E-state index in [9.17, 15) is 5.11 Å². The van der Waals surface area contributed by atoms with E-state index in [0.29, 0.717) is 30.2 Å². The van der Waals surface area contributed by atoms with Crippen LogP contribution in [0.25, 0.3) is 11.2 Å². The maximum atomic E-state index is 9.89. The molecule has 2 aromatic rings. The van der Waals surface area contributed by atoms with Crippen LogP contribution in [0.4, 0.5) is 5.82 Å². The van der Waals surface area contributed by atoms with Crippen molar-refractivity contribution < 1.29 is 19.3 Å². The quantitative estimate of drug-likeness (QED) is 0.722. The van der Waals surface area contributed by atoms with Gasteiger partial charge >= 0.3 is 0 Å². The number of hydrogen-bond donors (Lipinski definition) is 2. The second kappa shape index (κ2) is 5.92. The highest BCUT2D eigenvalue weighted by Gasteiger charge is 2.63. The molecule has 0 radical (unpaired) electrons. The average Bonchev–Trinajstić information content (AvgIpc) is 3.26. The molecule has 0 aliphatic carbocycles. The summed E-state index contributed by atoms with van der Waals surface area (Å²) in [5.74, 6) is 0.315. The number of hydrogen-bond acceptors (Lipinski definition) is 8. The minimum atomic E-state index is -0.849. The zero-order valence-corrected chi connectivity index (χ0v) is 13.5. The van der Waals surface area contributed by atoms with E-state index in [2.05, 4.69) is 21.9 Å². The zero-order valence-electron chi connectivity index (χ0n) is 13.5. The molecule has 0 spiro atoms. The van der Waals surface area contributed by atoms with Gasteiger partial charge < -0.3 is 25.1 Å². The molecule has 3 N–H and O–H groups in total. The first kappa shape index (κ1) is 15.7. The molecule has 2 aliphatic heterocycles. The van der Waals surface area contributed by atoms with Crippen LogP contribution in [-0.2, 0) is 14.2 Å². The number of rotatable bonds is 6. The summed E-state index contributed by atoms with van der Waals surface area (Å²) in [4.78, 5) is 12.5. The lowest BCUT2D eigenvalue weighted by atomic mass is 10.00. The molecular weight excluding hydrogens is 314 g/mol. The van der Waals surface area contributed by atoms with Gasteiger partial charge in [-0.3, -0.25) is 4.57 Å². The van der Waals surface area contributed by atoms with Crippen molar-refractivity contribution in [3.8, 4) is 0 Å². The van der Waals surface area contributed by atoms with Crippen molar-refractivity contribution >= 4 is 17.0 Å². The number of nitrogens with zero attached hydrogens (tertiary/aromatic N) is 4. The Balaban J connectivity index is 1.66. The zero-order chi connectivity index (χ0) is 16.7. The fourth-order valence-electron chi connectivity index (χ4n) is 3.39. The SMILES string of the molecule is CCCCOC1[C@@H]2OC[C@]1(CO)O[C@H]2n1cnc2c(N)ncnc21. The van der Waals surface area contributed by atoms with Gasteiger partial charge in [0.1, 0.15) is 29.7 Å². The van der Waals surface area contributed by atoms with Gasteiger partial charge in [0.15, 0.2) is 17.7 Å². The Hall–Kier alpha value is -1.81. The van der Waals surface area contributed by atoms with Crippen molar-refractivity contribution in [3.05, 3.63) is 12.7 Å². The summed E-state index contributed by atoms with van der Waals surface area (Å²) in [6.07, 6.45) is 3.86. The number of nitrogen functional groups attached to an aromatic ring is 1. The number of aliphatic hydroxyl groups is 1. The second-order valence-corrected chi connectivity index (χ2v) is 6.23. The summed E-state index contributed by atoms with van der Waals surface area (Å²) in [5.41, 5.74) is 6.08. The first-order valence-electron chi connectivity index (χ1n) is 8.15. The Morgan fingerprint density at radius 1 is 1.46 bits per heavy atom. The topological polar surface area (TPSA) is 118 Å². The maximum absolute atomic E-state index is 9.89. The summed E-state index contributed by atoms with van der Waals surface area (Å²) in [6.45, 7) is 2.86. The van der Waals surface area contributed by atoms with Gasteiger partial charge in [-0.1, -0.05) is 13.3 Å². The van der Waals surface area contributed by atoms with Crippen molar-refractivity contribution in [1.82, 2.24) is 19.5 Å². The maximum Gasteiger partial charge on any atom is 0.167 e. The third-order valence-electron chi connectivity index (χ3n) is 4.70. The molecule has 2 bridgehead atoms. The molecule has 0 aromatic carbocycles. The molecule has 4 rings (SSSR count). The number of ether oxygens (including phenoxy) is 3. The van der Waals surface area contributed by atoms with E-state index in [4.69, 9.17) is 19.9 Å². The minimum Gasteiger partial charge on any atom is -0.393 e. The van der Waals surface area contributed by atoms with E-state index in [-0.39, 0.29) is 18.8 Å². The highest BCUT2D eigenvalue weighted by Crippen LogP contribution is 2.47. The van der Waals surface area contributed by atoms with Crippen LogP contribution in [0.3, 0.4) is 0 Å². The molecule has 24 heavy (non-hydrogen) atoms. The summed E-state index contributed by atoms with van der Waals surface area (Å²) in [5, 5.41) is 9.89. The predicted molar refractivity (Wildman–Crippen MR) is 84.1 cm³/mol. The first-order valence-corrected chi connectivity index (χ1v) is 8.15. The Morgan fingerprint density at radius 2 is 2.33 bits per heavy atom. The molecule has 130 valence electrons. The van der Waals surface area contributed by atoms with E-state index in [1.807, 2.05) is 0 Å². The monoisotopic (exact) mass is 335 g/mol. The number of unbranched alkanes of at least 4 members (excludes halogenated alkanes) is 1. The van der Waals surface area contributed by atoms with Crippen molar-refractivity contribution in [2.45, 2.75) is 43.8 Å². The molecule has 2 saturated heterocycles. The van der Waals surface area contributed by atoms with Crippen LogP contribution in [0.2, 0.25) is 0 Å². The summed E-state index contributed by atoms with van der Waals surface area (Å²) < 4.78 is 19.8. The lowest BCUT2D eigenvalue weighted by molar-refractivity contribution is -0.186. The smallest absolute Gasteiger partial charge is 0.167 e.